The van der Waals surface area contributed by atoms with Crippen LogP contribution >= 0.6 is 0 Å². The van der Waals surface area contributed by atoms with Crippen molar-refractivity contribution in [1.82, 2.24) is 0 Å². The van der Waals surface area contributed by atoms with E-state index >= 15 is 0 Å². The Morgan fingerprint density at radius 3 is 1.67 bits per heavy atom. The molecule has 0 aliphatic rings. The Bertz CT molecular complexity index is 134. The first kappa shape index (κ1) is 11.3. The van der Waals surface area contributed by atoms with Gasteiger partial charge in [0.1, 0.15) is 0 Å². The topological polar surface area (TPSA) is 0 Å². The molecule has 0 nitrogen and oxygen atoms in total. The van der Waals surface area contributed by atoms with Crippen LogP contribution in [-0.4, -0.2) is 11.0 Å². The Labute approximate surface area is 61.9 Å². The minimum absolute atomic E-state index is 0. The first-order valence-electron chi connectivity index (χ1n) is 2.41. The number of rotatable bonds is 0. The molecular formula is C8H16Si. The van der Waals surface area contributed by atoms with Gasteiger partial charge in [-0.3, -0.25) is 0 Å². The summed E-state index contributed by atoms with van der Waals surface area (Å²) in [5.41, 5.74) is 1.32. The second-order valence-corrected chi connectivity index (χ2v) is 1.65. The minimum Gasteiger partial charge on any atom is -0.0776 e. The Morgan fingerprint density at radius 1 is 1.00 bits per heavy atom. The standard InChI is InChI=1S/C7H8.CH4.H4Si/c1-7-5-3-2-4-6-7;;/h2-6H,1H3;2*1H4. The van der Waals surface area contributed by atoms with Gasteiger partial charge >= 0.3 is 0 Å². The summed E-state index contributed by atoms with van der Waals surface area (Å²) < 4.78 is 0. The summed E-state index contributed by atoms with van der Waals surface area (Å²) >= 11 is 0. The first-order chi connectivity index (χ1) is 3.39. The van der Waals surface area contributed by atoms with E-state index in [0.717, 1.165) is 0 Å². The van der Waals surface area contributed by atoms with Crippen molar-refractivity contribution in [3.8, 4) is 0 Å². The maximum absolute atomic E-state index is 2.08. The lowest BCUT2D eigenvalue weighted by Crippen LogP contribution is -1.62. The molecule has 0 saturated heterocycles. The van der Waals surface area contributed by atoms with E-state index in [-0.39, 0.29) is 18.4 Å². The van der Waals surface area contributed by atoms with Crippen LogP contribution in [0.4, 0.5) is 0 Å². The average Bonchev–Trinajstić information content (AvgIpc) is 1.69. The molecule has 0 spiro atoms. The molecule has 0 heterocycles. The molecular weight excluding hydrogens is 124 g/mol. The van der Waals surface area contributed by atoms with Crippen LogP contribution in [0.2, 0.25) is 0 Å². The third-order valence-corrected chi connectivity index (χ3v) is 0.940. The molecule has 1 heteroatoms. The van der Waals surface area contributed by atoms with Gasteiger partial charge in [-0.1, -0.05) is 43.3 Å². The van der Waals surface area contributed by atoms with Crippen LogP contribution in [0.15, 0.2) is 30.3 Å². The fourth-order valence-electron chi connectivity index (χ4n) is 0.534. The second kappa shape index (κ2) is 5.57. The zero-order valence-electron chi connectivity index (χ0n) is 4.39. The number of aryl methyl sites for hydroxylation is 1. The molecule has 0 amide bonds. The first-order valence-corrected chi connectivity index (χ1v) is 2.41. The largest absolute Gasteiger partial charge is 0.0776 e. The molecule has 0 aliphatic carbocycles. The van der Waals surface area contributed by atoms with Gasteiger partial charge in [-0.25, -0.2) is 0 Å². The summed E-state index contributed by atoms with van der Waals surface area (Å²) in [6.07, 6.45) is 0. The molecule has 0 fully saturated rings. The smallest absolute Gasteiger partial charge is 0.0149 e. The number of benzene rings is 1. The van der Waals surface area contributed by atoms with Gasteiger partial charge in [-0.15, -0.1) is 0 Å². The van der Waals surface area contributed by atoms with E-state index < -0.39 is 0 Å². The molecule has 0 radical (unpaired) electrons. The molecule has 1 aromatic carbocycles. The molecule has 0 aromatic heterocycles. The lowest BCUT2D eigenvalue weighted by Gasteiger charge is -1.82. The summed E-state index contributed by atoms with van der Waals surface area (Å²) in [7, 11) is 0. The quantitative estimate of drug-likeness (QED) is 0.475. The van der Waals surface area contributed by atoms with Gasteiger partial charge in [0.25, 0.3) is 0 Å². The highest BCUT2D eigenvalue weighted by atomic mass is 28.1. The summed E-state index contributed by atoms with van der Waals surface area (Å²) in [6, 6.07) is 10.3. The normalized spacial score (nSPS) is 6.78. The van der Waals surface area contributed by atoms with E-state index in [4.69, 9.17) is 0 Å². The van der Waals surface area contributed by atoms with Gasteiger partial charge in [0.2, 0.25) is 0 Å². The lowest BCUT2D eigenvalue weighted by atomic mass is 10.2. The van der Waals surface area contributed by atoms with E-state index in [1.165, 1.54) is 5.56 Å². The van der Waals surface area contributed by atoms with Crippen molar-refractivity contribution in [1.29, 1.82) is 0 Å². The monoisotopic (exact) mass is 140 g/mol. The van der Waals surface area contributed by atoms with Gasteiger partial charge in [0.05, 0.1) is 0 Å². The third kappa shape index (κ3) is 3.97. The maximum atomic E-state index is 2.08. The predicted molar refractivity (Wildman–Crippen MR) is 49.2 cm³/mol. The maximum Gasteiger partial charge on any atom is -0.0149 e. The lowest BCUT2D eigenvalue weighted by molar-refractivity contribution is 1.48. The van der Waals surface area contributed by atoms with Crippen molar-refractivity contribution >= 4 is 11.0 Å². The van der Waals surface area contributed by atoms with Gasteiger partial charge in [-0.05, 0) is 17.9 Å². The Kier molecular flexibility index (Phi) is 6.97. The highest BCUT2D eigenvalue weighted by Gasteiger charge is 1.72. The highest BCUT2D eigenvalue weighted by molar-refractivity contribution is 5.75. The molecule has 0 atom stereocenters. The van der Waals surface area contributed by atoms with Crippen LogP contribution in [0.3, 0.4) is 0 Å². The van der Waals surface area contributed by atoms with Gasteiger partial charge < -0.3 is 0 Å². The zero-order chi connectivity index (χ0) is 5.11. The molecule has 0 N–H and O–H groups in total. The molecule has 0 aliphatic heterocycles. The van der Waals surface area contributed by atoms with E-state index in [1.54, 1.807) is 0 Å². The summed E-state index contributed by atoms with van der Waals surface area (Å²) in [6.45, 7) is 2.08. The van der Waals surface area contributed by atoms with Crippen LogP contribution in [0.5, 0.6) is 0 Å². The van der Waals surface area contributed by atoms with E-state index in [9.17, 15) is 0 Å². The summed E-state index contributed by atoms with van der Waals surface area (Å²) in [5, 5.41) is 0. The number of hydrogen-bond donors (Lipinski definition) is 0. The van der Waals surface area contributed by atoms with Gasteiger partial charge in [0, 0.05) is 0 Å². The van der Waals surface area contributed by atoms with Crippen molar-refractivity contribution in [2.75, 3.05) is 0 Å². The summed E-state index contributed by atoms with van der Waals surface area (Å²) in [4.78, 5) is 0. The molecule has 0 saturated carbocycles. The Morgan fingerprint density at radius 2 is 1.44 bits per heavy atom. The van der Waals surface area contributed by atoms with Crippen molar-refractivity contribution in [3.05, 3.63) is 35.9 Å². The van der Waals surface area contributed by atoms with Crippen molar-refractivity contribution in [2.45, 2.75) is 14.4 Å². The predicted octanol–water partition coefficient (Wildman–Crippen LogP) is 1.18. The Balaban J connectivity index is 0. The van der Waals surface area contributed by atoms with Crippen molar-refractivity contribution < 1.29 is 0 Å². The van der Waals surface area contributed by atoms with Crippen LogP contribution in [0.1, 0.15) is 13.0 Å². The molecule has 1 aromatic rings. The number of hydrogen-bond acceptors (Lipinski definition) is 0. The van der Waals surface area contributed by atoms with Crippen molar-refractivity contribution in [2.24, 2.45) is 0 Å². The van der Waals surface area contributed by atoms with Crippen molar-refractivity contribution in [3.63, 3.8) is 0 Å². The molecule has 9 heavy (non-hydrogen) atoms. The van der Waals surface area contributed by atoms with Gasteiger partial charge in [0.15, 0.2) is 0 Å². The minimum atomic E-state index is 0. The SMILES string of the molecule is C.Cc1ccccc1.[SiH4]. The van der Waals surface area contributed by atoms with E-state index in [1.807, 2.05) is 18.2 Å². The average molecular weight is 140 g/mol. The third-order valence-electron chi connectivity index (χ3n) is 0.940. The molecule has 52 valence electrons. The van der Waals surface area contributed by atoms with Crippen LogP contribution in [-0.2, 0) is 0 Å². The van der Waals surface area contributed by atoms with Crippen LogP contribution in [0.25, 0.3) is 0 Å². The van der Waals surface area contributed by atoms with Gasteiger partial charge in [-0.2, -0.15) is 0 Å². The van der Waals surface area contributed by atoms with E-state index in [2.05, 4.69) is 19.1 Å². The second-order valence-electron chi connectivity index (χ2n) is 1.65. The van der Waals surface area contributed by atoms with Crippen LogP contribution < -0.4 is 0 Å². The molecule has 0 bridgehead atoms. The van der Waals surface area contributed by atoms with Crippen LogP contribution in [0, 0.1) is 6.92 Å². The summed E-state index contributed by atoms with van der Waals surface area (Å²) in [5.74, 6) is 0. The Hall–Kier alpha value is -0.563. The molecule has 1 rings (SSSR count). The van der Waals surface area contributed by atoms with E-state index in [0.29, 0.717) is 0 Å². The zero-order valence-corrected chi connectivity index (χ0v) is 4.39. The molecule has 0 unspecified atom stereocenters. The highest BCUT2D eigenvalue weighted by Crippen LogP contribution is 1.92. The fraction of sp³-hybridized carbons (Fsp3) is 0.250. The fourth-order valence-corrected chi connectivity index (χ4v) is 0.534.